The molecule has 0 heterocycles. The SMILES string of the molecule is CONC(=O)CNc1ccc(F)cc1. The fraction of sp³-hybridized carbons (Fsp3) is 0.222. The number of hydrogen-bond donors (Lipinski definition) is 2. The standard InChI is InChI=1S/C9H11FN2O2/c1-14-12-9(13)6-11-8-4-2-7(10)3-5-8/h2-5,11H,6H2,1H3,(H,12,13). The number of carbonyl (C=O) groups is 1. The smallest absolute Gasteiger partial charge is 0.262 e. The molecular formula is C9H11FN2O2. The maximum Gasteiger partial charge on any atom is 0.262 e. The Balaban J connectivity index is 2.38. The van der Waals surface area contributed by atoms with Crippen LogP contribution < -0.4 is 10.8 Å². The fourth-order valence-electron chi connectivity index (χ4n) is 0.900. The van der Waals surface area contributed by atoms with Gasteiger partial charge < -0.3 is 5.32 Å². The molecule has 5 heteroatoms. The van der Waals surface area contributed by atoms with E-state index in [1.54, 1.807) is 12.1 Å². The average molecular weight is 198 g/mol. The normalized spacial score (nSPS) is 9.57. The zero-order valence-electron chi connectivity index (χ0n) is 7.71. The number of amides is 1. The highest BCUT2D eigenvalue weighted by Gasteiger charge is 1.99. The van der Waals surface area contributed by atoms with Crippen LogP contribution in [0.3, 0.4) is 0 Å². The predicted molar refractivity (Wildman–Crippen MR) is 50.0 cm³/mol. The first-order valence-corrected chi connectivity index (χ1v) is 4.03. The lowest BCUT2D eigenvalue weighted by Crippen LogP contribution is -2.28. The summed E-state index contributed by atoms with van der Waals surface area (Å²) < 4.78 is 12.5. The molecule has 0 unspecified atom stereocenters. The predicted octanol–water partition coefficient (Wildman–Crippen LogP) is 0.915. The molecule has 0 aliphatic rings. The van der Waals surface area contributed by atoms with Gasteiger partial charge in [0.05, 0.1) is 13.7 Å². The van der Waals surface area contributed by atoms with Crippen LogP contribution in [0.25, 0.3) is 0 Å². The van der Waals surface area contributed by atoms with Gasteiger partial charge in [-0.2, -0.15) is 0 Å². The summed E-state index contributed by atoms with van der Waals surface area (Å²) in [6, 6.07) is 5.73. The lowest BCUT2D eigenvalue weighted by Gasteiger charge is -2.05. The number of anilines is 1. The highest BCUT2D eigenvalue weighted by molar-refractivity contribution is 5.79. The van der Waals surface area contributed by atoms with Crippen molar-refractivity contribution >= 4 is 11.6 Å². The molecule has 0 spiro atoms. The lowest BCUT2D eigenvalue weighted by molar-refractivity contribution is -0.129. The van der Waals surface area contributed by atoms with Gasteiger partial charge in [-0.1, -0.05) is 0 Å². The molecule has 0 aliphatic heterocycles. The Morgan fingerprint density at radius 3 is 2.64 bits per heavy atom. The molecule has 14 heavy (non-hydrogen) atoms. The Labute approximate surface area is 81.0 Å². The van der Waals surface area contributed by atoms with Gasteiger partial charge in [-0.15, -0.1) is 0 Å². The van der Waals surface area contributed by atoms with Crippen molar-refractivity contribution in [3.05, 3.63) is 30.1 Å². The van der Waals surface area contributed by atoms with Gasteiger partial charge >= 0.3 is 0 Å². The summed E-state index contributed by atoms with van der Waals surface area (Å²) in [5, 5.41) is 2.80. The molecule has 1 aromatic rings. The molecular weight excluding hydrogens is 187 g/mol. The molecule has 0 fully saturated rings. The Kier molecular flexibility index (Phi) is 3.87. The van der Waals surface area contributed by atoms with Crippen LogP contribution in [0.1, 0.15) is 0 Å². The molecule has 0 aromatic heterocycles. The molecule has 1 amide bonds. The van der Waals surface area contributed by atoms with E-state index in [9.17, 15) is 9.18 Å². The number of hydrogen-bond acceptors (Lipinski definition) is 3. The van der Waals surface area contributed by atoms with E-state index in [1.165, 1.54) is 19.2 Å². The highest BCUT2D eigenvalue weighted by atomic mass is 19.1. The van der Waals surface area contributed by atoms with Crippen LogP contribution >= 0.6 is 0 Å². The van der Waals surface area contributed by atoms with E-state index in [2.05, 4.69) is 15.6 Å². The Hall–Kier alpha value is -1.62. The van der Waals surface area contributed by atoms with Crippen molar-refractivity contribution in [2.24, 2.45) is 0 Å². The summed E-state index contributed by atoms with van der Waals surface area (Å²) in [6.07, 6.45) is 0. The van der Waals surface area contributed by atoms with E-state index in [0.717, 1.165) is 0 Å². The summed E-state index contributed by atoms with van der Waals surface area (Å²) in [6.45, 7) is 0.0828. The van der Waals surface area contributed by atoms with Crippen molar-refractivity contribution in [1.29, 1.82) is 0 Å². The first-order valence-electron chi connectivity index (χ1n) is 4.03. The molecule has 0 radical (unpaired) electrons. The topological polar surface area (TPSA) is 50.4 Å². The number of nitrogens with one attached hydrogen (secondary N) is 2. The molecule has 0 saturated heterocycles. The fourth-order valence-corrected chi connectivity index (χ4v) is 0.900. The highest BCUT2D eigenvalue weighted by Crippen LogP contribution is 2.07. The van der Waals surface area contributed by atoms with Crippen LogP contribution in [0.4, 0.5) is 10.1 Å². The molecule has 0 saturated carbocycles. The molecule has 1 aromatic carbocycles. The second kappa shape index (κ2) is 5.18. The first kappa shape index (κ1) is 10.5. The third kappa shape index (κ3) is 3.40. The van der Waals surface area contributed by atoms with E-state index >= 15 is 0 Å². The van der Waals surface area contributed by atoms with Gasteiger partial charge in [-0.25, -0.2) is 9.87 Å². The minimum absolute atomic E-state index is 0.0828. The zero-order chi connectivity index (χ0) is 10.4. The van der Waals surface area contributed by atoms with Crippen molar-refractivity contribution in [3.63, 3.8) is 0 Å². The second-order valence-electron chi connectivity index (χ2n) is 2.59. The molecule has 0 aliphatic carbocycles. The van der Waals surface area contributed by atoms with Crippen LogP contribution in [-0.4, -0.2) is 19.6 Å². The Bertz CT molecular complexity index is 300. The third-order valence-electron chi connectivity index (χ3n) is 1.51. The summed E-state index contributed by atoms with van der Waals surface area (Å²) >= 11 is 0. The van der Waals surface area contributed by atoms with Crippen LogP contribution in [0.5, 0.6) is 0 Å². The van der Waals surface area contributed by atoms with Gasteiger partial charge in [0, 0.05) is 5.69 Å². The number of carbonyl (C=O) groups excluding carboxylic acids is 1. The third-order valence-corrected chi connectivity index (χ3v) is 1.51. The summed E-state index contributed by atoms with van der Waals surface area (Å²) in [4.78, 5) is 15.3. The molecule has 1 rings (SSSR count). The largest absolute Gasteiger partial charge is 0.376 e. The van der Waals surface area contributed by atoms with E-state index < -0.39 is 0 Å². The molecule has 2 N–H and O–H groups in total. The number of halogens is 1. The first-order chi connectivity index (χ1) is 6.72. The van der Waals surface area contributed by atoms with Crippen LogP contribution in [0, 0.1) is 5.82 Å². The Morgan fingerprint density at radius 2 is 2.07 bits per heavy atom. The van der Waals surface area contributed by atoms with Gasteiger partial charge in [-0.05, 0) is 24.3 Å². The summed E-state index contributed by atoms with van der Waals surface area (Å²) in [7, 11) is 1.36. The van der Waals surface area contributed by atoms with Gasteiger partial charge in [0.25, 0.3) is 5.91 Å². The monoisotopic (exact) mass is 198 g/mol. The molecule has 0 bridgehead atoms. The van der Waals surface area contributed by atoms with Crippen molar-refractivity contribution in [3.8, 4) is 0 Å². The van der Waals surface area contributed by atoms with Crippen molar-refractivity contribution in [2.45, 2.75) is 0 Å². The molecule has 76 valence electrons. The van der Waals surface area contributed by atoms with Gasteiger partial charge in [0.1, 0.15) is 5.82 Å². The number of hydroxylamine groups is 1. The van der Waals surface area contributed by atoms with Crippen LogP contribution in [-0.2, 0) is 9.63 Å². The number of rotatable bonds is 4. The van der Waals surface area contributed by atoms with Crippen molar-refractivity contribution in [2.75, 3.05) is 19.0 Å². The number of benzene rings is 1. The second-order valence-corrected chi connectivity index (χ2v) is 2.59. The maximum atomic E-state index is 12.5. The minimum Gasteiger partial charge on any atom is -0.376 e. The summed E-state index contributed by atoms with van der Waals surface area (Å²) in [5.74, 6) is -0.603. The van der Waals surface area contributed by atoms with Crippen LogP contribution in [0.15, 0.2) is 24.3 Å². The molecule has 4 nitrogen and oxygen atoms in total. The van der Waals surface area contributed by atoms with E-state index in [-0.39, 0.29) is 18.3 Å². The quantitative estimate of drug-likeness (QED) is 0.707. The average Bonchev–Trinajstić information content (AvgIpc) is 2.17. The maximum absolute atomic E-state index is 12.5. The van der Waals surface area contributed by atoms with Gasteiger partial charge in [-0.3, -0.25) is 9.63 Å². The van der Waals surface area contributed by atoms with E-state index in [1.807, 2.05) is 0 Å². The van der Waals surface area contributed by atoms with E-state index in [0.29, 0.717) is 5.69 Å². The van der Waals surface area contributed by atoms with E-state index in [4.69, 9.17) is 0 Å². The van der Waals surface area contributed by atoms with Crippen LogP contribution in [0.2, 0.25) is 0 Å². The van der Waals surface area contributed by atoms with Gasteiger partial charge in [0.2, 0.25) is 0 Å². The lowest BCUT2D eigenvalue weighted by atomic mass is 10.3. The molecule has 0 atom stereocenters. The Morgan fingerprint density at radius 1 is 1.43 bits per heavy atom. The van der Waals surface area contributed by atoms with Crippen molar-refractivity contribution in [1.82, 2.24) is 5.48 Å². The summed E-state index contributed by atoms with van der Waals surface area (Å²) in [5.41, 5.74) is 2.83. The zero-order valence-corrected chi connectivity index (χ0v) is 7.71. The minimum atomic E-state index is -0.308. The van der Waals surface area contributed by atoms with Crippen molar-refractivity contribution < 1.29 is 14.0 Å². The van der Waals surface area contributed by atoms with Gasteiger partial charge in [0.15, 0.2) is 0 Å².